The summed E-state index contributed by atoms with van der Waals surface area (Å²) in [6.45, 7) is 7.69. The summed E-state index contributed by atoms with van der Waals surface area (Å²) < 4.78 is 5.30. The van der Waals surface area contributed by atoms with E-state index in [4.69, 9.17) is 4.74 Å². The molecule has 1 fully saturated rings. The predicted octanol–water partition coefficient (Wildman–Crippen LogP) is 1.92. The third kappa shape index (κ3) is 1.98. The third-order valence-corrected chi connectivity index (χ3v) is 3.40. The molecule has 0 unspecified atom stereocenters. The van der Waals surface area contributed by atoms with E-state index >= 15 is 0 Å². The molecule has 0 aromatic rings. The lowest BCUT2D eigenvalue weighted by atomic mass is 9.68. The highest BCUT2D eigenvalue weighted by Gasteiger charge is 2.42. The Morgan fingerprint density at radius 2 is 1.92 bits per heavy atom. The summed E-state index contributed by atoms with van der Waals surface area (Å²) in [5, 5.41) is 0. The predicted molar refractivity (Wildman–Crippen MR) is 50.4 cm³/mol. The van der Waals surface area contributed by atoms with Crippen LogP contribution in [0.15, 0.2) is 4.99 Å². The van der Waals surface area contributed by atoms with Gasteiger partial charge in [0.15, 0.2) is 0 Å². The molecule has 1 aliphatic rings. The average molecular weight is 183 g/mol. The molecule has 74 valence electrons. The molecule has 0 N–H and O–H groups in total. The summed E-state index contributed by atoms with van der Waals surface area (Å²) in [7, 11) is 0. The first-order valence-corrected chi connectivity index (χ1v) is 4.69. The van der Waals surface area contributed by atoms with Crippen molar-refractivity contribution in [1.82, 2.24) is 0 Å². The van der Waals surface area contributed by atoms with Gasteiger partial charge in [0.05, 0.1) is 5.54 Å². The molecule has 0 atom stereocenters. The van der Waals surface area contributed by atoms with Gasteiger partial charge in [0, 0.05) is 13.2 Å². The monoisotopic (exact) mass is 183 g/mol. The lowest BCUT2D eigenvalue weighted by Crippen LogP contribution is -2.43. The standard InChI is InChI=1S/C10H17NO2/c1-9(2,11-8-12)10(3)4-6-13-7-5-10/h4-7H2,1-3H3. The van der Waals surface area contributed by atoms with Crippen LogP contribution in [0.3, 0.4) is 0 Å². The maximum absolute atomic E-state index is 10.3. The second-order valence-electron chi connectivity index (χ2n) is 4.44. The van der Waals surface area contributed by atoms with Gasteiger partial charge in [-0.15, -0.1) is 0 Å². The van der Waals surface area contributed by atoms with Gasteiger partial charge in [-0.1, -0.05) is 6.92 Å². The molecule has 0 aromatic carbocycles. The zero-order valence-electron chi connectivity index (χ0n) is 8.59. The Morgan fingerprint density at radius 1 is 1.38 bits per heavy atom. The smallest absolute Gasteiger partial charge is 0.235 e. The van der Waals surface area contributed by atoms with Crippen LogP contribution in [0.25, 0.3) is 0 Å². The number of rotatable bonds is 2. The molecular weight excluding hydrogens is 166 g/mol. The fourth-order valence-corrected chi connectivity index (χ4v) is 1.68. The molecule has 3 nitrogen and oxygen atoms in total. The zero-order valence-corrected chi connectivity index (χ0v) is 8.59. The zero-order chi connectivity index (χ0) is 9.95. The van der Waals surface area contributed by atoms with Crippen molar-refractivity contribution in [3.63, 3.8) is 0 Å². The first-order valence-electron chi connectivity index (χ1n) is 4.69. The minimum Gasteiger partial charge on any atom is -0.381 e. The van der Waals surface area contributed by atoms with Gasteiger partial charge in [-0.05, 0) is 32.1 Å². The van der Waals surface area contributed by atoms with Gasteiger partial charge in [-0.2, -0.15) is 4.99 Å². The van der Waals surface area contributed by atoms with Crippen LogP contribution >= 0.6 is 0 Å². The molecule has 0 spiro atoms. The molecule has 0 aromatic heterocycles. The molecule has 0 bridgehead atoms. The van der Waals surface area contributed by atoms with Crippen LogP contribution in [-0.4, -0.2) is 24.8 Å². The number of hydrogen-bond donors (Lipinski definition) is 0. The molecule has 13 heavy (non-hydrogen) atoms. The van der Waals surface area contributed by atoms with E-state index in [1.807, 2.05) is 13.8 Å². The minimum absolute atomic E-state index is 0.0721. The van der Waals surface area contributed by atoms with Crippen molar-refractivity contribution in [2.75, 3.05) is 13.2 Å². The Hall–Kier alpha value is -0.660. The van der Waals surface area contributed by atoms with E-state index in [0.29, 0.717) is 0 Å². The maximum Gasteiger partial charge on any atom is 0.235 e. The van der Waals surface area contributed by atoms with Crippen molar-refractivity contribution in [2.24, 2.45) is 10.4 Å². The molecule has 0 amide bonds. The highest BCUT2D eigenvalue weighted by molar-refractivity contribution is 5.35. The summed E-state index contributed by atoms with van der Waals surface area (Å²) in [6, 6.07) is 0. The van der Waals surface area contributed by atoms with Gasteiger partial charge < -0.3 is 4.74 Å². The van der Waals surface area contributed by atoms with Crippen molar-refractivity contribution >= 4 is 6.08 Å². The normalized spacial score (nSPS) is 22.1. The second kappa shape index (κ2) is 3.60. The number of hydrogen-bond acceptors (Lipinski definition) is 3. The number of aliphatic imine (C=N–C) groups is 1. The fraction of sp³-hybridized carbons (Fsp3) is 0.900. The summed E-state index contributed by atoms with van der Waals surface area (Å²) >= 11 is 0. The maximum atomic E-state index is 10.3. The van der Waals surface area contributed by atoms with Crippen LogP contribution in [0.5, 0.6) is 0 Å². The topological polar surface area (TPSA) is 38.7 Å². The highest BCUT2D eigenvalue weighted by atomic mass is 16.5. The summed E-state index contributed by atoms with van der Waals surface area (Å²) in [4.78, 5) is 14.2. The van der Waals surface area contributed by atoms with Crippen LogP contribution < -0.4 is 0 Å². The quantitative estimate of drug-likeness (QED) is 0.484. The lowest BCUT2D eigenvalue weighted by molar-refractivity contribution is -0.00869. The molecular formula is C10H17NO2. The van der Waals surface area contributed by atoms with Crippen LogP contribution in [0.2, 0.25) is 0 Å². The fourth-order valence-electron chi connectivity index (χ4n) is 1.68. The molecule has 0 aliphatic carbocycles. The largest absolute Gasteiger partial charge is 0.381 e. The van der Waals surface area contributed by atoms with Crippen molar-refractivity contribution in [1.29, 1.82) is 0 Å². The van der Waals surface area contributed by atoms with Crippen LogP contribution in [0.1, 0.15) is 33.6 Å². The van der Waals surface area contributed by atoms with Gasteiger partial charge in [0.1, 0.15) is 0 Å². The van der Waals surface area contributed by atoms with Gasteiger partial charge in [0.2, 0.25) is 6.08 Å². The summed E-state index contributed by atoms with van der Waals surface area (Å²) in [5.41, 5.74) is -0.249. The van der Waals surface area contributed by atoms with Crippen LogP contribution in [0.4, 0.5) is 0 Å². The van der Waals surface area contributed by atoms with E-state index in [2.05, 4.69) is 11.9 Å². The molecule has 0 saturated carbocycles. The Bertz CT molecular complexity index is 223. The lowest BCUT2D eigenvalue weighted by Gasteiger charge is -2.43. The van der Waals surface area contributed by atoms with Crippen molar-refractivity contribution in [2.45, 2.75) is 39.2 Å². The number of isocyanates is 1. The van der Waals surface area contributed by atoms with E-state index < -0.39 is 0 Å². The Labute approximate surface area is 79.2 Å². The van der Waals surface area contributed by atoms with Crippen LogP contribution in [-0.2, 0) is 9.53 Å². The van der Waals surface area contributed by atoms with E-state index in [1.54, 1.807) is 6.08 Å². The van der Waals surface area contributed by atoms with Gasteiger partial charge in [-0.3, -0.25) is 0 Å². The number of nitrogens with zero attached hydrogens (tertiary/aromatic N) is 1. The molecule has 1 aliphatic heterocycles. The molecule has 0 radical (unpaired) electrons. The average Bonchev–Trinajstić information content (AvgIpc) is 2.05. The molecule has 1 saturated heterocycles. The van der Waals surface area contributed by atoms with Crippen LogP contribution in [0, 0.1) is 5.41 Å². The second-order valence-corrected chi connectivity index (χ2v) is 4.44. The number of ether oxygens (including phenoxy) is 1. The minimum atomic E-state index is -0.321. The van der Waals surface area contributed by atoms with Crippen molar-refractivity contribution in [3.8, 4) is 0 Å². The third-order valence-electron chi connectivity index (χ3n) is 3.40. The van der Waals surface area contributed by atoms with Gasteiger partial charge in [0.25, 0.3) is 0 Å². The van der Waals surface area contributed by atoms with E-state index in [1.165, 1.54) is 0 Å². The SMILES string of the molecule is CC1(C(C)(C)N=C=O)CCOCC1. The van der Waals surface area contributed by atoms with Gasteiger partial charge in [-0.25, -0.2) is 4.79 Å². The molecule has 1 rings (SSSR count). The van der Waals surface area contributed by atoms with E-state index in [0.717, 1.165) is 26.1 Å². The highest BCUT2D eigenvalue weighted by Crippen LogP contribution is 2.42. The molecule has 1 heterocycles. The Kier molecular flexibility index (Phi) is 2.89. The van der Waals surface area contributed by atoms with Gasteiger partial charge >= 0.3 is 0 Å². The van der Waals surface area contributed by atoms with Crippen molar-refractivity contribution in [3.05, 3.63) is 0 Å². The first-order chi connectivity index (χ1) is 6.02. The van der Waals surface area contributed by atoms with Crippen molar-refractivity contribution < 1.29 is 9.53 Å². The summed E-state index contributed by atoms with van der Waals surface area (Å²) in [6.07, 6.45) is 3.59. The first kappa shape index (κ1) is 10.4. The van der Waals surface area contributed by atoms with E-state index in [9.17, 15) is 4.79 Å². The molecule has 3 heteroatoms. The summed E-state index contributed by atoms with van der Waals surface area (Å²) in [5.74, 6) is 0. The Balaban J connectivity index is 2.82. The Morgan fingerprint density at radius 3 is 2.38 bits per heavy atom. The van der Waals surface area contributed by atoms with E-state index in [-0.39, 0.29) is 11.0 Å². The number of carbonyl (C=O) groups excluding carboxylic acids is 1.